The third-order valence-electron chi connectivity index (χ3n) is 4.63. The predicted molar refractivity (Wildman–Crippen MR) is 98.7 cm³/mol. The Morgan fingerprint density at radius 1 is 1.08 bits per heavy atom. The second-order valence-corrected chi connectivity index (χ2v) is 6.78. The molecule has 126 valence electrons. The van der Waals surface area contributed by atoms with Crippen LogP contribution in [-0.2, 0) is 0 Å². The summed E-state index contributed by atoms with van der Waals surface area (Å²) in [6.07, 6.45) is 6.66. The van der Waals surface area contributed by atoms with E-state index >= 15 is 0 Å². The van der Waals surface area contributed by atoms with Crippen molar-refractivity contribution >= 4 is 17.3 Å². The van der Waals surface area contributed by atoms with Gasteiger partial charge in [0.15, 0.2) is 0 Å². The van der Waals surface area contributed by atoms with Crippen LogP contribution >= 0.6 is 0 Å². The summed E-state index contributed by atoms with van der Waals surface area (Å²) >= 11 is 0. The number of carbonyl (C=O) groups is 1. The maximum atomic E-state index is 12.6. The average Bonchev–Trinajstić information content (AvgIpc) is 3.04. The topological polar surface area (TPSA) is 54.0 Å². The van der Waals surface area contributed by atoms with Crippen LogP contribution in [0.3, 0.4) is 0 Å². The van der Waals surface area contributed by atoms with Crippen molar-refractivity contribution in [3.05, 3.63) is 52.8 Å². The van der Waals surface area contributed by atoms with Gasteiger partial charge in [0.25, 0.3) is 5.91 Å². The van der Waals surface area contributed by atoms with Crippen LogP contribution in [0.15, 0.2) is 30.5 Å². The molecule has 1 aliphatic carbocycles. The van der Waals surface area contributed by atoms with Gasteiger partial charge in [0, 0.05) is 23.6 Å². The van der Waals surface area contributed by atoms with Gasteiger partial charge >= 0.3 is 0 Å². The van der Waals surface area contributed by atoms with Crippen molar-refractivity contribution in [3.63, 3.8) is 0 Å². The normalized spacial score (nSPS) is 14.6. The third kappa shape index (κ3) is 3.75. The third-order valence-corrected chi connectivity index (χ3v) is 4.63. The van der Waals surface area contributed by atoms with Gasteiger partial charge in [0.05, 0.1) is 0 Å². The zero-order valence-corrected chi connectivity index (χ0v) is 14.6. The number of hydrogen-bond acceptors (Lipinski definition) is 3. The molecule has 1 heterocycles. The monoisotopic (exact) mass is 323 g/mol. The molecule has 0 saturated heterocycles. The number of carbonyl (C=O) groups excluding carboxylic acids is 1. The van der Waals surface area contributed by atoms with Crippen molar-refractivity contribution in [2.75, 3.05) is 10.6 Å². The molecular formula is C20H25N3O. The van der Waals surface area contributed by atoms with Gasteiger partial charge in [-0.1, -0.05) is 30.5 Å². The molecule has 1 amide bonds. The van der Waals surface area contributed by atoms with E-state index in [4.69, 9.17) is 0 Å². The van der Waals surface area contributed by atoms with E-state index in [-0.39, 0.29) is 5.91 Å². The van der Waals surface area contributed by atoms with E-state index in [0.717, 1.165) is 22.5 Å². The van der Waals surface area contributed by atoms with Gasteiger partial charge in [-0.2, -0.15) is 0 Å². The first-order valence-electron chi connectivity index (χ1n) is 8.65. The minimum Gasteiger partial charge on any atom is -0.382 e. The van der Waals surface area contributed by atoms with Crippen LogP contribution in [0.4, 0.5) is 11.4 Å². The van der Waals surface area contributed by atoms with Crippen molar-refractivity contribution in [1.82, 2.24) is 4.98 Å². The van der Waals surface area contributed by atoms with E-state index in [2.05, 4.69) is 34.7 Å². The summed E-state index contributed by atoms with van der Waals surface area (Å²) in [5, 5.41) is 6.52. The van der Waals surface area contributed by atoms with E-state index in [0.29, 0.717) is 11.7 Å². The van der Waals surface area contributed by atoms with Crippen LogP contribution in [0.25, 0.3) is 0 Å². The Bertz CT molecular complexity index is 725. The fourth-order valence-electron chi connectivity index (χ4n) is 3.51. The van der Waals surface area contributed by atoms with E-state index < -0.39 is 0 Å². The Kier molecular flexibility index (Phi) is 4.84. The predicted octanol–water partition coefficient (Wildman–Crippen LogP) is 4.61. The van der Waals surface area contributed by atoms with Crippen LogP contribution in [0, 0.1) is 20.8 Å². The molecule has 0 unspecified atom stereocenters. The summed E-state index contributed by atoms with van der Waals surface area (Å²) in [4.78, 5) is 16.8. The standard InChI is InChI=1S/C20H25N3O/c1-13-10-14(2)19(15(3)11-13)23-20(24)18-12-17(8-9-21-18)22-16-6-4-5-7-16/h8-12,16H,4-7H2,1-3H3,(H,21,22)(H,23,24). The highest BCUT2D eigenvalue weighted by molar-refractivity contribution is 6.04. The van der Waals surface area contributed by atoms with E-state index in [1.165, 1.54) is 31.2 Å². The van der Waals surface area contributed by atoms with Gasteiger partial charge in [-0.05, 0) is 56.9 Å². The number of benzene rings is 1. The Labute approximate surface area is 143 Å². The summed E-state index contributed by atoms with van der Waals surface area (Å²) in [5.41, 5.74) is 5.63. The highest BCUT2D eigenvalue weighted by Crippen LogP contribution is 2.24. The van der Waals surface area contributed by atoms with Crippen LogP contribution in [0.1, 0.15) is 52.9 Å². The van der Waals surface area contributed by atoms with Crippen LogP contribution < -0.4 is 10.6 Å². The quantitative estimate of drug-likeness (QED) is 0.863. The molecule has 2 N–H and O–H groups in total. The number of anilines is 2. The number of pyridine rings is 1. The van der Waals surface area contributed by atoms with Crippen molar-refractivity contribution < 1.29 is 4.79 Å². The molecule has 0 aliphatic heterocycles. The molecule has 1 saturated carbocycles. The summed E-state index contributed by atoms with van der Waals surface area (Å²) < 4.78 is 0. The van der Waals surface area contributed by atoms with Gasteiger partial charge in [0.2, 0.25) is 0 Å². The molecular weight excluding hydrogens is 298 g/mol. The highest BCUT2D eigenvalue weighted by atomic mass is 16.1. The van der Waals surface area contributed by atoms with Gasteiger partial charge in [0.1, 0.15) is 5.69 Å². The lowest BCUT2D eigenvalue weighted by molar-refractivity contribution is 0.102. The first-order valence-corrected chi connectivity index (χ1v) is 8.65. The summed E-state index contributed by atoms with van der Waals surface area (Å²) in [7, 11) is 0. The van der Waals surface area contributed by atoms with Crippen LogP contribution in [0.5, 0.6) is 0 Å². The fourth-order valence-corrected chi connectivity index (χ4v) is 3.51. The highest BCUT2D eigenvalue weighted by Gasteiger charge is 2.16. The lowest BCUT2D eigenvalue weighted by Gasteiger charge is -2.15. The number of aryl methyl sites for hydroxylation is 3. The van der Waals surface area contributed by atoms with Crippen molar-refractivity contribution in [3.8, 4) is 0 Å². The molecule has 1 aromatic carbocycles. The van der Waals surface area contributed by atoms with E-state index in [1.54, 1.807) is 6.20 Å². The summed E-state index contributed by atoms with van der Waals surface area (Å²) in [6.45, 7) is 6.09. The molecule has 4 nitrogen and oxygen atoms in total. The first-order chi connectivity index (χ1) is 11.5. The number of nitrogens with zero attached hydrogens (tertiary/aromatic N) is 1. The average molecular weight is 323 g/mol. The molecule has 0 atom stereocenters. The van der Waals surface area contributed by atoms with E-state index in [9.17, 15) is 4.79 Å². The SMILES string of the molecule is Cc1cc(C)c(NC(=O)c2cc(NC3CCCC3)ccn2)c(C)c1. The van der Waals surface area contributed by atoms with Crippen molar-refractivity contribution in [1.29, 1.82) is 0 Å². The zero-order valence-electron chi connectivity index (χ0n) is 14.6. The summed E-state index contributed by atoms with van der Waals surface area (Å²) in [6, 6.07) is 8.44. The van der Waals surface area contributed by atoms with Gasteiger partial charge in [-0.15, -0.1) is 0 Å². The molecule has 4 heteroatoms. The Morgan fingerprint density at radius 3 is 2.42 bits per heavy atom. The summed E-state index contributed by atoms with van der Waals surface area (Å²) in [5.74, 6) is -0.167. The van der Waals surface area contributed by atoms with Crippen LogP contribution in [0.2, 0.25) is 0 Å². The minimum atomic E-state index is -0.167. The van der Waals surface area contributed by atoms with Crippen molar-refractivity contribution in [2.45, 2.75) is 52.5 Å². The lowest BCUT2D eigenvalue weighted by Crippen LogP contribution is -2.18. The number of rotatable bonds is 4. The molecule has 1 aliphatic rings. The van der Waals surface area contributed by atoms with Crippen molar-refractivity contribution in [2.24, 2.45) is 0 Å². The molecule has 24 heavy (non-hydrogen) atoms. The molecule has 0 radical (unpaired) electrons. The number of amides is 1. The smallest absolute Gasteiger partial charge is 0.274 e. The molecule has 0 bridgehead atoms. The Balaban J connectivity index is 1.75. The van der Waals surface area contributed by atoms with Gasteiger partial charge in [-0.25, -0.2) is 0 Å². The molecule has 2 aromatic rings. The number of hydrogen-bond donors (Lipinski definition) is 2. The minimum absolute atomic E-state index is 0.167. The van der Waals surface area contributed by atoms with Gasteiger partial charge < -0.3 is 10.6 Å². The zero-order chi connectivity index (χ0) is 17.1. The fraction of sp³-hybridized carbons (Fsp3) is 0.400. The molecule has 1 fully saturated rings. The molecule has 3 rings (SSSR count). The Morgan fingerprint density at radius 2 is 1.75 bits per heavy atom. The molecule has 1 aromatic heterocycles. The van der Waals surface area contributed by atoms with Crippen LogP contribution in [-0.4, -0.2) is 16.9 Å². The van der Waals surface area contributed by atoms with Gasteiger partial charge in [-0.3, -0.25) is 9.78 Å². The number of aromatic nitrogens is 1. The maximum absolute atomic E-state index is 12.6. The maximum Gasteiger partial charge on any atom is 0.274 e. The Hall–Kier alpha value is -2.36. The first kappa shape index (κ1) is 16.5. The molecule has 0 spiro atoms. The number of nitrogens with one attached hydrogen (secondary N) is 2. The lowest BCUT2D eigenvalue weighted by atomic mass is 10.0. The van der Waals surface area contributed by atoms with E-state index in [1.807, 2.05) is 26.0 Å². The second-order valence-electron chi connectivity index (χ2n) is 6.78. The second kappa shape index (κ2) is 7.04. The largest absolute Gasteiger partial charge is 0.382 e.